The molecule has 0 bridgehead atoms. The van der Waals surface area contributed by atoms with E-state index in [2.05, 4.69) is 10.3 Å². The highest BCUT2D eigenvalue weighted by molar-refractivity contribution is 5.89. The molecule has 2 amide bonds. The largest absolute Gasteiger partial charge is 0.322 e. The monoisotopic (exact) mass is 406 g/mol. The number of amides is 2. The van der Waals surface area contributed by atoms with Gasteiger partial charge in [0.05, 0.1) is 22.8 Å². The van der Waals surface area contributed by atoms with Crippen LogP contribution in [0.15, 0.2) is 73.1 Å². The van der Waals surface area contributed by atoms with Crippen molar-refractivity contribution in [1.29, 1.82) is 0 Å². The highest BCUT2D eigenvalue weighted by Crippen LogP contribution is 2.24. The van der Waals surface area contributed by atoms with Crippen LogP contribution in [0.2, 0.25) is 0 Å². The number of benzene rings is 3. The van der Waals surface area contributed by atoms with Crippen molar-refractivity contribution in [1.82, 2.24) is 14.5 Å². The van der Waals surface area contributed by atoms with Crippen molar-refractivity contribution in [3.05, 3.63) is 90.3 Å². The number of aromatic nitrogens is 2. The summed E-state index contributed by atoms with van der Waals surface area (Å²) >= 11 is 0. The molecule has 7 heteroatoms. The van der Waals surface area contributed by atoms with E-state index in [1.165, 1.54) is 11.0 Å². The van der Waals surface area contributed by atoms with Crippen LogP contribution < -0.4 is 5.32 Å². The summed E-state index contributed by atoms with van der Waals surface area (Å²) in [6.07, 6.45) is 1.78. The minimum Gasteiger partial charge on any atom is -0.321 e. The predicted molar refractivity (Wildman–Crippen MR) is 113 cm³/mol. The molecule has 0 spiro atoms. The van der Waals surface area contributed by atoms with Gasteiger partial charge in [-0.05, 0) is 48.9 Å². The lowest BCUT2D eigenvalue weighted by molar-refractivity contribution is 0.208. The minimum absolute atomic E-state index is 0.0669. The number of nitrogens with zero attached hydrogens (tertiary/aromatic N) is 3. The average molecular weight is 406 g/mol. The Balaban J connectivity index is 1.50. The standard InChI is InChI=1S/C23H20F2N4O/c1-15(28(2)23(30)27-20-12-9-17(24)13-19(20)25)16-7-10-18(11-8-16)29-14-26-21-5-3-4-6-22(21)29/h3-15H,1-2H3,(H,27,30)/t15-/m1/s1. The number of carbonyl (C=O) groups is 1. The number of fused-ring (bicyclic) bond motifs is 1. The summed E-state index contributed by atoms with van der Waals surface area (Å²) < 4.78 is 28.9. The van der Waals surface area contributed by atoms with Gasteiger partial charge in [0.15, 0.2) is 0 Å². The molecule has 0 saturated heterocycles. The van der Waals surface area contributed by atoms with Gasteiger partial charge in [-0.25, -0.2) is 18.6 Å². The molecular formula is C23H20F2N4O. The maximum atomic E-state index is 13.8. The molecule has 5 nitrogen and oxygen atoms in total. The Kier molecular flexibility index (Phi) is 5.18. The number of hydrogen-bond acceptors (Lipinski definition) is 2. The normalized spacial score (nSPS) is 12.0. The van der Waals surface area contributed by atoms with Gasteiger partial charge in [-0.1, -0.05) is 24.3 Å². The molecule has 0 aliphatic heterocycles. The van der Waals surface area contributed by atoms with E-state index in [9.17, 15) is 13.6 Å². The first-order chi connectivity index (χ1) is 14.4. The third kappa shape index (κ3) is 3.74. The van der Waals surface area contributed by atoms with Crippen LogP contribution in [0, 0.1) is 11.6 Å². The van der Waals surface area contributed by atoms with Gasteiger partial charge in [0.1, 0.15) is 18.0 Å². The van der Waals surface area contributed by atoms with Crippen molar-refractivity contribution < 1.29 is 13.6 Å². The van der Waals surface area contributed by atoms with Gasteiger partial charge in [0.2, 0.25) is 0 Å². The third-order valence-corrected chi connectivity index (χ3v) is 5.18. The van der Waals surface area contributed by atoms with Crippen LogP contribution in [0.3, 0.4) is 0 Å². The molecule has 0 radical (unpaired) electrons. The number of halogens is 2. The summed E-state index contributed by atoms with van der Waals surface area (Å²) in [4.78, 5) is 18.4. The van der Waals surface area contributed by atoms with E-state index in [-0.39, 0.29) is 11.7 Å². The Labute approximate surface area is 172 Å². The second-order valence-electron chi connectivity index (χ2n) is 7.04. The van der Waals surface area contributed by atoms with Crippen LogP contribution in [-0.4, -0.2) is 27.5 Å². The summed E-state index contributed by atoms with van der Waals surface area (Å²) in [5.74, 6) is -1.51. The van der Waals surface area contributed by atoms with E-state index < -0.39 is 17.7 Å². The van der Waals surface area contributed by atoms with Gasteiger partial charge in [0, 0.05) is 18.8 Å². The number of rotatable bonds is 4. The van der Waals surface area contributed by atoms with Gasteiger partial charge < -0.3 is 10.2 Å². The van der Waals surface area contributed by atoms with Crippen LogP contribution in [-0.2, 0) is 0 Å². The topological polar surface area (TPSA) is 50.2 Å². The molecule has 4 aromatic rings. The lowest BCUT2D eigenvalue weighted by atomic mass is 10.1. The molecule has 1 aromatic heterocycles. The summed E-state index contributed by atoms with van der Waals surface area (Å²) in [6, 6.07) is 18.0. The summed E-state index contributed by atoms with van der Waals surface area (Å²) in [5.41, 5.74) is 3.74. The Morgan fingerprint density at radius 2 is 1.80 bits per heavy atom. The molecule has 0 fully saturated rings. The number of nitrogens with one attached hydrogen (secondary N) is 1. The molecule has 0 saturated carbocycles. The Morgan fingerprint density at radius 3 is 2.53 bits per heavy atom. The summed E-state index contributed by atoms with van der Waals surface area (Å²) in [7, 11) is 1.62. The number of hydrogen-bond donors (Lipinski definition) is 1. The Hall–Kier alpha value is -3.74. The molecule has 1 atom stereocenters. The zero-order valence-electron chi connectivity index (χ0n) is 16.5. The number of para-hydroxylation sites is 2. The summed E-state index contributed by atoms with van der Waals surface area (Å²) in [5, 5.41) is 2.47. The van der Waals surface area contributed by atoms with Gasteiger partial charge in [0.25, 0.3) is 0 Å². The van der Waals surface area contributed by atoms with Gasteiger partial charge >= 0.3 is 6.03 Å². The van der Waals surface area contributed by atoms with Crippen molar-refractivity contribution >= 4 is 22.8 Å². The molecule has 4 rings (SSSR count). The summed E-state index contributed by atoms with van der Waals surface area (Å²) in [6.45, 7) is 1.88. The van der Waals surface area contributed by atoms with E-state index in [1.54, 1.807) is 13.4 Å². The van der Waals surface area contributed by atoms with E-state index in [0.29, 0.717) is 0 Å². The molecule has 1 heterocycles. The van der Waals surface area contributed by atoms with E-state index in [1.807, 2.05) is 60.0 Å². The van der Waals surface area contributed by atoms with Crippen molar-refractivity contribution in [3.8, 4) is 5.69 Å². The molecule has 152 valence electrons. The fourth-order valence-corrected chi connectivity index (χ4v) is 3.27. The van der Waals surface area contributed by atoms with Crippen LogP contribution in [0.1, 0.15) is 18.5 Å². The Bertz CT molecular complexity index is 1200. The molecular weight excluding hydrogens is 386 g/mol. The smallest absolute Gasteiger partial charge is 0.321 e. The first-order valence-corrected chi connectivity index (χ1v) is 9.45. The maximum absolute atomic E-state index is 13.8. The van der Waals surface area contributed by atoms with Crippen molar-refractivity contribution in [2.24, 2.45) is 0 Å². The van der Waals surface area contributed by atoms with Crippen LogP contribution >= 0.6 is 0 Å². The number of carbonyl (C=O) groups excluding carboxylic acids is 1. The predicted octanol–water partition coefficient (Wildman–Crippen LogP) is 5.53. The lowest BCUT2D eigenvalue weighted by Crippen LogP contribution is -2.33. The molecule has 30 heavy (non-hydrogen) atoms. The van der Waals surface area contributed by atoms with E-state index in [0.717, 1.165) is 34.4 Å². The lowest BCUT2D eigenvalue weighted by Gasteiger charge is -2.26. The van der Waals surface area contributed by atoms with Gasteiger partial charge in [-0.15, -0.1) is 0 Å². The van der Waals surface area contributed by atoms with Crippen LogP contribution in [0.25, 0.3) is 16.7 Å². The first kappa shape index (κ1) is 19.6. The quantitative estimate of drug-likeness (QED) is 0.485. The minimum atomic E-state index is -0.818. The van der Waals surface area contributed by atoms with Crippen LogP contribution in [0.5, 0.6) is 0 Å². The average Bonchev–Trinajstić information content (AvgIpc) is 3.19. The van der Waals surface area contributed by atoms with Gasteiger partial charge in [-0.2, -0.15) is 0 Å². The number of imidazole rings is 1. The van der Waals surface area contributed by atoms with Gasteiger partial charge in [-0.3, -0.25) is 4.57 Å². The van der Waals surface area contributed by atoms with Crippen molar-refractivity contribution in [3.63, 3.8) is 0 Å². The molecule has 0 aliphatic carbocycles. The van der Waals surface area contributed by atoms with Crippen molar-refractivity contribution in [2.45, 2.75) is 13.0 Å². The van der Waals surface area contributed by atoms with Crippen molar-refractivity contribution in [2.75, 3.05) is 12.4 Å². The highest BCUT2D eigenvalue weighted by atomic mass is 19.1. The number of urea groups is 1. The second kappa shape index (κ2) is 7.94. The molecule has 0 aliphatic rings. The van der Waals surface area contributed by atoms with E-state index in [4.69, 9.17) is 0 Å². The Morgan fingerprint density at radius 1 is 1.07 bits per heavy atom. The fourth-order valence-electron chi connectivity index (χ4n) is 3.27. The number of anilines is 1. The SMILES string of the molecule is C[C@H](c1ccc(-n2cnc3ccccc32)cc1)N(C)C(=O)Nc1ccc(F)cc1F. The first-order valence-electron chi connectivity index (χ1n) is 9.45. The molecule has 3 aromatic carbocycles. The molecule has 1 N–H and O–H groups in total. The highest BCUT2D eigenvalue weighted by Gasteiger charge is 2.19. The zero-order chi connectivity index (χ0) is 21.3. The zero-order valence-corrected chi connectivity index (χ0v) is 16.5. The third-order valence-electron chi connectivity index (χ3n) is 5.18. The second-order valence-corrected chi connectivity index (χ2v) is 7.04. The van der Waals surface area contributed by atoms with E-state index >= 15 is 0 Å². The van der Waals surface area contributed by atoms with Crippen LogP contribution in [0.4, 0.5) is 19.3 Å². The molecule has 0 unspecified atom stereocenters. The maximum Gasteiger partial charge on any atom is 0.322 e. The fraction of sp³-hybridized carbons (Fsp3) is 0.130.